The van der Waals surface area contributed by atoms with Gasteiger partial charge in [-0.2, -0.15) is 0 Å². The van der Waals surface area contributed by atoms with E-state index in [1.165, 1.54) is 12.1 Å². The molecule has 1 atom stereocenters. The Kier molecular flexibility index (Phi) is 4.10. The summed E-state index contributed by atoms with van der Waals surface area (Å²) in [5.74, 6) is 0.657. The number of hydrogen-bond donors (Lipinski definition) is 1. The van der Waals surface area contributed by atoms with Crippen LogP contribution in [0.15, 0.2) is 51.7 Å². The van der Waals surface area contributed by atoms with Crippen LogP contribution in [0.2, 0.25) is 0 Å². The normalized spacial score (nSPS) is 23.3. The van der Waals surface area contributed by atoms with Crippen molar-refractivity contribution in [1.29, 1.82) is 0 Å². The Morgan fingerprint density at radius 2 is 2.19 bits per heavy atom. The third-order valence-corrected chi connectivity index (χ3v) is 4.32. The molecule has 1 aromatic rings. The summed E-state index contributed by atoms with van der Waals surface area (Å²) in [6.07, 6.45) is 5.96. The molecule has 5 heteroatoms. The number of aliphatic imine (C=N–C) groups is 1. The van der Waals surface area contributed by atoms with Gasteiger partial charge < -0.3 is 10.2 Å². The second-order valence-electron chi connectivity index (χ2n) is 5.07. The SMILES string of the molecule is CC/C=C1\C(Br)=CNC2=NCCC(c3ccc(F)cc3)N21. The fraction of sp³-hybridized carbons (Fsp3) is 0.312. The van der Waals surface area contributed by atoms with Crippen LogP contribution in [0, 0.1) is 5.82 Å². The van der Waals surface area contributed by atoms with E-state index in [2.05, 4.69) is 44.1 Å². The highest BCUT2D eigenvalue weighted by Crippen LogP contribution is 2.36. The summed E-state index contributed by atoms with van der Waals surface area (Å²) >= 11 is 3.60. The molecule has 2 aliphatic heterocycles. The molecule has 0 saturated heterocycles. The lowest BCUT2D eigenvalue weighted by Gasteiger charge is -2.41. The third kappa shape index (κ3) is 2.75. The van der Waals surface area contributed by atoms with E-state index in [9.17, 15) is 4.39 Å². The number of benzene rings is 1. The highest BCUT2D eigenvalue weighted by Gasteiger charge is 2.32. The van der Waals surface area contributed by atoms with Gasteiger partial charge in [-0.1, -0.05) is 25.1 Å². The first-order valence-corrected chi connectivity index (χ1v) is 7.92. The minimum atomic E-state index is -0.203. The van der Waals surface area contributed by atoms with Crippen LogP contribution < -0.4 is 5.32 Å². The topological polar surface area (TPSA) is 27.6 Å². The van der Waals surface area contributed by atoms with Gasteiger partial charge in [0.05, 0.1) is 16.2 Å². The van der Waals surface area contributed by atoms with Crippen molar-refractivity contribution in [2.24, 2.45) is 4.99 Å². The van der Waals surface area contributed by atoms with E-state index >= 15 is 0 Å². The van der Waals surface area contributed by atoms with Crippen LogP contribution in [-0.4, -0.2) is 17.4 Å². The van der Waals surface area contributed by atoms with Crippen molar-refractivity contribution in [3.8, 4) is 0 Å². The van der Waals surface area contributed by atoms with Gasteiger partial charge in [-0.3, -0.25) is 4.99 Å². The fourth-order valence-corrected chi connectivity index (χ4v) is 3.22. The summed E-state index contributed by atoms with van der Waals surface area (Å²) < 4.78 is 14.2. The molecule has 21 heavy (non-hydrogen) atoms. The average Bonchev–Trinajstić information content (AvgIpc) is 2.50. The lowest BCUT2D eigenvalue weighted by Crippen LogP contribution is -2.46. The number of fused-ring (bicyclic) bond motifs is 1. The number of halogens is 2. The van der Waals surface area contributed by atoms with E-state index < -0.39 is 0 Å². The van der Waals surface area contributed by atoms with Crippen LogP contribution in [0.25, 0.3) is 0 Å². The van der Waals surface area contributed by atoms with Crippen LogP contribution in [0.5, 0.6) is 0 Å². The van der Waals surface area contributed by atoms with E-state index in [1.807, 2.05) is 18.3 Å². The smallest absolute Gasteiger partial charge is 0.203 e. The van der Waals surface area contributed by atoms with Crippen molar-refractivity contribution in [1.82, 2.24) is 10.2 Å². The number of hydrogen-bond acceptors (Lipinski definition) is 3. The second-order valence-corrected chi connectivity index (χ2v) is 5.92. The third-order valence-electron chi connectivity index (χ3n) is 3.69. The Hall–Kier alpha value is -1.62. The maximum atomic E-state index is 13.2. The molecular weight excluding hydrogens is 333 g/mol. The van der Waals surface area contributed by atoms with Crippen molar-refractivity contribution in [2.45, 2.75) is 25.8 Å². The summed E-state index contributed by atoms with van der Waals surface area (Å²) in [5.41, 5.74) is 2.22. The molecule has 1 unspecified atom stereocenters. The molecule has 0 aliphatic carbocycles. The monoisotopic (exact) mass is 349 g/mol. The summed E-state index contributed by atoms with van der Waals surface area (Å²) in [4.78, 5) is 6.76. The van der Waals surface area contributed by atoms with Gasteiger partial charge in [0.1, 0.15) is 5.82 Å². The Morgan fingerprint density at radius 1 is 1.43 bits per heavy atom. The molecule has 0 spiro atoms. The van der Waals surface area contributed by atoms with Crippen molar-refractivity contribution in [2.75, 3.05) is 6.54 Å². The average molecular weight is 350 g/mol. The maximum absolute atomic E-state index is 13.2. The molecule has 3 rings (SSSR count). The summed E-state index contributed by atoms with van der Waals surface area (Å²) in [6.45, 7) is 2.88. The molecule has 0 amide bonds. The minimum absolute atomic E-state index is 0.171. The van der Waals surface area contributed by atoms with Crippen molar-refractivity contribution in [3.63, 3.8) is 0 Å². The number of nitrogens with zero attached hydrogens (tertiary/aromatic N) is 2. The second kappa shape index (κ2) is 6.02. The van der Waals surface area contributed by atoms with Crippen molar-refractivity contribution >= 4 is 21.9 Å². The first kappa shape index (κ1) is 14.3. The van der Waals surface area contributed by atoms with Gasteiger partial charge in [0.15, 0.2) is 0 Å². The molecule has 1 aromatic carbocycles. The molecule has 0 bridgehead atoms. The molecule has 2 aliphatic rings. The van der Waals surface area contributed by atoms with Crippen molar-refractivity contribution in [3.05, 3.63) is 58.1 Å². The predicted molar refractivity (Wildman–Crippen MR) is 86.4 cm³/mol. The van der Waals surface area contributed by atoms with Gasteiger partial charge in [0, 0.05) is 12.7 Å². The van der Waals surface area contributed by atoms with Gasteiger partial charge in [-0.15, -0.1) is 0 Å². The first-order chi connectivity index (χ1) is 10.2. The van der Waals surface area contributed by atoms with Gasteiger partial charge in [-0.05, 0) is 46.5 Å². The zero-order valence-electron chi connectivity index (χ0n) is 11.8. The van der Waals surface area contributed by atoms with Gasteiger partial charge in [0.2, 0.25) is 5.96 Å². The van der Waals surface area contributed by atoms with Crippen LogP contribution in [0.3, 0.4) is 0 Å². The molecule has 2 heterocycles. The van der Waals surface area contributed by atoms with Crippen molar-refractivity contribution < 1.29 is 4.39 Å². The van der Waals surface area contributed by atoms with E-state index in [0.717, 1.165) is 41.1 Å². The lowest BCUT2D eigenvalue weighted by molar-refractivity contribution is 0.339. The van der Waals surface area contributed by atoms with E-state index in [-0.39, 0.29) is 11.9 Å². The molecule has 0 radical (unpaired) electrons. The molecule has 1 N–H and O–H groups in total. The summed E-state index contributed by atoms with van der Waals surface area (Å²) in [6, 6.07) is 6.93. The number of guanidine groups is 1. The van der Waals surface area contributed by atoms with Gasteiger partial charge in [-0.25, -0.2) is 4.39 Å². The Balaban J connectivity index is 2.02. The number of rotatable bonds is 2. The van der Waals surface area contributed by atoms with E-state index in [4.69, 9.17) is 0 Å². The highest BCUT2D eigenvalue weighted by molar-refractivity contribution is 9.12. The molecule has 3 nitrogen and oxygen atoms in total. The standard InChI is InChI=1S/C16H17BrFN3/c1-2-3-15-13(17)10-20-16-19-9-8-14(21(15)16)11-4-6-12(18)7-5-11/h3-7,10,14H,2,8-9H2,1H3,(H,19,20)/b15-3+. The molecular formula is C16H17BrFN3. The summed E-state index contributed by atoms with van der Waals surface area (Å²) in [5, 5.41) is 3.22. The highest BCUT2D eigenvalue weighted by atomic mass is 79.9. The molecule has 110 valence electrons. The number of nitrogens with one attached hydrogen (secondary N) is 1. The fourth-order valence-electron chi connectivity index (χ4n) is 2.75. The summed E-state index contributed by atoms with van der Waals surface area (Å²) in [7, 11) is 0. The maximum Gasteiger partial charge on any atom is 0.203 e. The predicted octanol–water partition coefficient (Wildman–Crippen LogP) is 4.06. The first-order valence-electron chi connectivity index (χ1n) is 7.12. The molecule has 0 saturated carbocycles. The van der Waals surface area contributed by atoms with Gasteiger partial charge in [0.25, 0.3) is 0 Å². The Labute approximate surface area is 132 Å². The Morgan fingerprint density at radius 3 is 2.90 bits per heavy atom. The van der Waals surface area contributed by atoms with E-state index in [1.54, 1.807) is 0 Å². The number of allylic oxidation sites excluding steroid dienone is 2. The lowest BCUT2D eigenvalue weighted by atomic mass is 9.99. The molecule has 0 fully saturated rings. The van der Waals surface area contributed by atoms with Crippen LogP contribution in [-0.2, 0) is 0 Å². The Bertz CT molecular complexity index is 619. The van der Waals surface area contributed by atoms with Crippen LogP contribution in [0.1, 0.15) is 31.4 Å². The zero-order chi connectivity index (χ0) is 14.8. The largest absolute Gasteiger partial charge is 0.331 e. The minimum Gasteiger partial charge on any atom is -0.331 e. The zero-order valence-corrected chi connectivity index (χ0v) is 13.4. The van der Waals surface area contributed by atoms with Gasteiger partial charge >= 0.3 is 0 Å². The van der Waals surface area contributed by atoms with Crippen LogP contribution in [0.4, 0.5) is 4.39 Å². The quantitative estimate of drug-likeness (QED) is 0.871. The van der Waals surface area contributed by atoms with Crippen LogP contribution >= 0.6 is 15.9 Å². The van der Waals surface area contributed by atoms with E-state index in [0.29, 0.717) is 0 Å². The molecule has 0 aromatic heterocycles.